The Labute approximate surface area is 347 Å². The Morgan fingerprint density at radius 3 is 1.57 bits per heavy atom. The van der Waals surface area contributed by atoms with Gasteiger partial charge in [0.2, 0.25) is 0 Å². The second-order valence-electron chi connectivity index (χ2n) is 15.6. The van der Waals surface area contributed by atoms with Crippen molar-refractivity contribution < 1.29 is 4.42 Å². The van der Waals surface area contributed by atoms with Gasteiger partial charge >= 0.3 is 0 Å². The van der Waals surface area contributed by atoms with E-state index in [1.807, 2.05) is 6.07 Å². The number of fused-ring (bicyclic) bond motifs is 9. The van der Waals surface area contributed by atoms with Crippen molar-refractivity contribution in [1.82, 2.24) is 0 Å². The van der Waals surface area contributed by atoms with Crippen LogP contribution in [0.5, 0.6) is 0 Å². The van der Waals surface area contributed by atoms with Crippen LogP contribution in [0.15, 0.2) is 229 Å². The van der Waals surface area contributed by atoms with Crippen LogP contribution in [0.2, 0.25) is 0 Å². The average molecular weight is 764 g/mol. The Hall–Kier alpha value is -7.94. The van der Waals surface area contributed by atoms with Crippen molar-refractivity contribution in [3.63, 3.8) is 0 Å². The second kappa shape index (κ2) is 13.9. The highest BCUT2D eigenvalue weighted by molar-refractivity contribution is 6.16. The monoisotopic (exact) mass is 763 g/mol. The summed E-state index contributed by atoms with van der Waals surface area (Å²) >= 11 is 0. The van der Waals surface area contributed by atoms with Gasteiger partial charge in [0.15, 0.2) is 0 Å². The van der Waals surface area contributed by atoms with Gasteiger partial charge in [0.05, 0.1) is 16.8 Å². The molecule has 0 aliphatic heterocycles. The summed E-state index contributed by atoms with van der Waals surface area (Å²) in [5, 5.41) is 12.3. The molecule has 0 spiro atoms. The number of rotatable bonds is 6. The lowest BCUT2D eigenvalue weighted by Gasteiger charge is -2.29. The van der Waals surface area contributed by atoms with Crippen LogP contribution in [-0.4, -0.2) is 0 Å². The van der Waals surface area contributed by atoms with E-state index in [1.165, 1.54) is 65.3 Å². The van der Waals surface area contributed by atoms with E-state index in [9.17, 15) is 0 Å². The average Bonchev–Trinajstić information content (AvgIpc) is 3.71. The van der Waals surface area contributed by atoms with E-state index in [-0.39, 0.29) is 0 Å². The van der Waals surface area contributed by atoms with Gasteiger partial charge in [0.1, 0.15) is 11.2 Å². The molecule has 0 aliphatic rings. The Morgan fingerprint density at radius 1 is 0.283 bits per heavy atom. The fourth-order valence-electron chi connectivity index (χ4n) is 9.36. The minimum absolute atomic E-state index is 0.865. The molecular formula is C58H37NO. The topological polar surface area (TPSA) is 16.4 Å². The lowest BCUT2D eigenvalue weighted by molar-refractivity contribution is 0.669. The van der Waals surface area contributed by atoms with Gasteiger partial charge in [0.25, 0.3) is 0 Å². The quantitative estimate of drug-likeness (QED) is 0.157. The van der Waals surface area contributed by atoms with Gasteiger partial charge in [-0.1, -0.05) is 182 Å². The molecule has 2 nitrogen and oxygen atoms in total. The second-order valence-corrected chi connectivity index (χ2v) is 15.6. The number of furan rings is 1. The molecule has 0 radical (unpaired) electrons. The summed E-state index contributed by atoms with van der Waals surface area (Å²) in [5.74, 6) is 0. The lowest BCUT2D eigenvalue weighted by atomic mass is 9.93. The maximum atomic E-state index is 6.46. The van der Waals surface area contributed by atoms with E-state index in [4.69, 9.17) is 4.42 Å². The van der Waals surface area contributed by atoms with Crippen LogP contribution in [0.25, 0.3) is 98.4 Å². The van der Waals surface area contributed by atoms with Crippen LogP contribution < -0.4 is 4.90 Å². The Morgan fingerprint density at radius 2 is 0.783 bits per heavy atom. The molecule has 0 atom stereocenters. The Kier molecular flexibility index (Phi) is 7.89. The van der Waals surface area contributed by atoms with Crippen molar-refractivity contribution in [3.8, 4) is 33.4 Å². The van der Waals surface area contributed by atoms with E-state index < -0.39 is 0 Å². The normalized spacial score (nSPS) is 11.7. The molecule has 280 valence electrons. The highest BCUT2D eigenvalue weighted by atomic mass is 16.3. The summed E-state index contributed by atoms with van der Waals surface area (Å²) in [6, 6.07) is 81.3. The summed E-state index contributed by atoms with van der Waals surface area (Å²) < 4.78 is 6.46. The molecule has 0 N–H and O–H groups in total. The maximum absolute atomic E-state index is 6.46. The Balaban J connectivity index is 0.981. The molecule has 0 saturated heterocycles. The van der Waals surface area contributed by atoms with Gasteiger partial charge in [-0.2, -0.15) is 0 Å². The molecule has 0 bridgehead atoms. The van der Waals surface area contributed by atoms with Crippen LogP contribution in [0, 0.1) is 0 Å². The third-order valence-electron chi connectivity index (χ3n) is 12.3. The molecule has 12 rings (SSSR count). The molecule has 1 aromatic heterocycles. The number of benzene rings is 11. The predicted octanol–water partition coefficient (Wildman–Crippen LogP) is 16.7. The number of hydrogen-bond acceptors (Lipinski definition) is 2. The summed E-state index contributed by atoms with van der Waals surface area (Å²) in [6.07, 6.45) is 0. The van der Waals surface area contributed by atoms with E-state index >= 15 is 0 Å². The molecule has 0 fully saturated rings. The first-order valence-electron chi connectivity index (χ1n) is 20.6. The van der Waals surface area contributed by atoms with Gasteiger partial charge in [0, 0.05) is 16.6 Å². The van der Waals surface area contributed by atoms with Gasteiger partial charge in [-0.3, -0.25) is 0 Å². The molecule has 12 aromatic rings. The van der Waals surface area contributed by atoms with Crippen LogP contribution in [0.1, 0.15) is 0 Å². The molecule has 0 saturated carbocycles. The fraction of sp³-hybridized carbons (Fsp3) is 0. The first-order chi connectivity index (χ1) is 29.7. The summed E-state index contributed by atoms with van der Waals surface area (Å²) in [4.78, 5) is 2.41. The smallest absolute Gasteiger partial charge is 0.137 e. The highest BCUT2D eigenvalue weighted by Gasteiger charge is 2.22. The van der Waals surface area contributed by atoms with E-state index in [1.54, 1.807) is 0 Å². The summed E-state index contributed by atoms with van der Waals surface area (Å²) in [5.41, 5.74) is 12.1. The van der Waals surface area contributed by atoms with Crippen LogP contribution in [-0.2, 0) is 0 Å². The van der Waals surface area contributed by atoms with Gasteiger partial charge < -0.3 is 9.32 Å². The number of para-hydroxylation sites is 2. The molecule has 1 heterocycles. The van der Waals surface area contributed by atoms with Gasteiger partial charge in [-0.15, -0.1) is 0 Å². The zero-order valence-electron chi connectivity index (χ0n) is 32.7. The zero-order chi connectivity index (χ0) is 39.6. The zero-order valence-corrected chi connectivity index (χ0v) is 32.7. The van der Waals surface area contributed by atoms with Crippen molar-refractivity contribution in [1.29, 1.82) is 0 Å². The fourth-order valence-corrected chi connectivity index (χ4v) is 9.36. The van der Waals surface area contributed by atoms with E-state index in [2.05, 4.69) is 223 Å². The SMILES string of the molecule is c1ccc(N(c2ccc(-c3ccc(-c4ccc5ccc6ccccc6c5c4)cc3)cc2)c2cccc3oc4ccccc4c23)c(-c2cccc3c2ccc2ccccc23)c1. The van der Waals surface area contributed by atoms with Crippen molar-refractivity contribution >= 4 is 82.1 Å². The molecular weight excluding hydrogens is 727 g/mol. The van der Waals surface area contributed by atoms with Crippen LogP contribution in [0.3, 0.4) is 0 Å². The summed E-state index contributed by atoms with van der Waals surface area (Å²) in [6.45, 7) is 0. The Bertz CT molecular complexity index is 3600. The van der Waals surface area contributed by atoms with Crippen molar-refractivity contribution in [2.24, 2.45) is 0 Å². The van der Waals surface area contributed by atoms with Gasteiger partial charge in [-0.25, -0.2) is 0 Å². The van der Waals surface area contributed by atoms with E-state index in [0.29, 0.717) is 0 Å². The van der Waals surface area contributed by atoms with Crippen LogP contribution >= 0.6 is 0 Å². The van der Waals surface area contributed by atoms with Gasteiger partial charge in [-0.05, 0) is 113 Å². The third-order valence-corrected chi connectivity index (χ3v) is 12.3. The minimum atomic E-state index is 0.865. The molecule has 0 amide bonds. The summed E-state index contributed by atoms with van der Waals surface area (Å²) in [7, 11) is 0. The molecule has 2 heteroatoms. The lowest BCUT2D eigenvalue weighted by Crippen LogP contribution is -2.11. The van der Waals surface area contributed by atoms with Crippen molar-refractivity contribution in [2.45, 2.75) is 0 Å². The predicted molar refractivity (Wildman–Crippen MR) is 255 cm³/mol. The largest absolute Gasteiger partial charge is 0.456 e. The molecule has 0 unspecified atom stereocenters. The number of anilines is 3. The maximum Gasteiger partial charge on any atom is 0.137 e. The number of hydrogen-bond donors (Lipinski definition) is 0. The number of nitrogens with zero attached hydrogens (tertiary/aromatic N) is 1. The third kappa shape index (κ3) is 5.57. The molecule has 0 aliphatic carbocycles. The minimum Gasteiger partial charge on any atom is -0.456 e. The first-order valence-corrected chi connectivity index (χ1v) is 20.6. The van der Waals surface area contributed by atoms with E-state index in [0.717, 1.165) is 50.1 Å². The van der Waals surface area contributed by atoms with Crippen LogP contribution in [0.4, 0.5) is 17.1 Å². The standard InChI is InChI=1S/C58H37NO/c1-3-13-46-42(12-1)33-36-50-48(46)17-9-18-49(50)51-15-5-7-19-54(51)59(55-20-10-22-57-58(55)52-16-6-8-21-56(52)60-57)45-34-31-39(32-35-45)38-23-25-40(26-24-38)44-30-29-43-28-27-41-11-2-4-14-47(41)53(43)37-44/h1-37H. The van der Waals surface area contributed by atoms with Crippen molar-refractivity contribution in [3.05, 3.63) is 224 Å². The highest BCUT2D eigenvalue weighted by Crippen LogP contribution is 2.47. The molecule has 60 heavy (non-hydrogen) atoms. The first kappa shape index (κ1) is 34.1. The van der Waals surface area contributed by atoms with Crippen molar-refractivity contribution in [2.75, 3.05) is 4.90 Å². The molecule has 11 aromatic carbocycles.